The van der Waals surface area contributed by atoms with Crippen molar-refractivity contribution >= 4 is 12.4 Å². The lowest BCUT2D eigenvalue weighted by molar-refractivity contribution is 0.0434. The zero-order valence-corrected chi connectivity index (χ0v) is 22.1. The van der Waals surface area contributed by atoms with Crippen molar-refractivity contribution in [3.63, 3.8) is 0 Å². The number of methoxy groups -OCH3 is 3. The van der Waals surface area contributed by atoms with Crippen LogP contribution in [0.3, 0.4) is 0 Å². The van der Waals surface area contributed by atoms with Gasteiger partial charge in [0.05, 0.1) is 21.3 Å². The first-order valence-corrected chi connectivity index (χ1v) is 12.7. The summed E-state index contributed by atoms with van der Waals surface area (Å²) >= 11 is 0. The second-order valence-electron chi connectivity index (χ2n) is 10.0. The molecule has 5 rings (SSSR count). The molecule has 192 valence electrons. The van der Waals surface area contributed by atoms with Crippen LogP contribution in [-0.2, 0) is 12.8 Å². The number of nitrogens with one attached hydrogen (secondary N) is 1. The van der Waals surface area contributed by atoms with Crippen LogP contribution in [-0.4, -0.2) is 51.0 Å². The number of ether oxygens (including phenoxy) is 3. The van der Waals surface area contributed by atoms with Gasteiger partial charge in [-0.3, -0.25) is 4.90 Å². The molecule has 3 aliphatic heterocycles. The van der Waals surface area contributed by atoms with E-state index in [-0.39, 0.29) is 24.2 Å². The molecule has 2 N–H and O–H groups in total. The standard InChI is InChI=1S/C28H38N2O4.ClH/c1-5-17-16-30-9-7-19-13-27(33-3)28(34-4)15-22(19)24(30)11-20(17)10-23-21-14-26(32-2)25(31)12-18(21)6-8-29-23;/h12-15,17,20,23-24,29,31H,5-11,16H2,1-4H3;1H/t17-,20?,23+,24-;/m0./s1. The number of hydrogen-bond acceptors (Lipinski definition) is 6. The molecule has 4 atom stereocenters. The zero-order chi connectivity index (χ0) is 23.8. The van der Waals surface area contributed by atoms with Crippen LogP contribution in [0, 0.1) is 11.8 Å². The predicted octanol–water partition coefficient (Wildman–Crippen LogP) is 5.06. The zero-order valence-electron chi connectivity index (χ0n) is 21.3. The van der Waals surface area contributed by atoms with E-state index in [2.05, 4.69) is 29.3 Å². The molecule has 2 aromatic rings. The van der Waals surface area contributed by atoms with Gasteiger partial charge >= 0.3 is 0 Å². The predicted molar refractivity (Wildman–Crippen MR) is 140 cm³/mol. The molecule has 1 fully saturated rings. The van der Waals surface area contributed by atoms with Crippen molar-refractivity contribution in [1.82, 2.24) is 10.2 Å². The fourth-order valence-corrected chi connectivity index (χ4v) is 6.59. The van der Waals surface area contributed by atoms with Gasteiger partial charge < -0.3 is 24.6 Å². The van der Waals surface area contributed by atoms with Gasteiger partial charge in [0.25, 0.3) is 0 Å². The van der Waals surface area contributed by atoms with Crippen LogP contribution < -0.4 is 19.5 Å². The summed E-state index contributed by atoms with van der Waals surface area (Å²) in [5.41, 5.74) is 5.34. The maximum Gasteiger partial charge on any atom is 0.161 e. The lowest BCUT2D eigenvalue weighted by atomic mass is 9.72. The summed E-state index contributed by atoms with van der Waals surface area (Å²) in [6.07, 6.45) is 5.46. The Morgan fingerprint density at radius 3 is 2.31 bits per heavy atom. The normalized spacial score (nSPS) is 25.5. The second kappa shape index (κ2) is 10.9. The molecule has 35 heavy (non-hydrogen) atoms. The lowest BCUT2D eigenvalue weighted by Gasteiger charge is -2.48. The van der Waals surface area contributed by atoms with Crippen LogP contribution >= 0.6 is 12.4 Å². The van der Waals surface area contributed by atoms with Crippen LogP contribution in [0.5, 0.6) is 23.0 Å². The number of fused-ring (bicyclic) bond motifs is 4. The molecule has 0 spiro atoms. The highest BCUT2D eigenvalue weighted by Crippen LogP contribution is 2.47. The first kappa shape index (κ1) is 25.9. The number of halogens is 1. The van der Waals surface area contributed by atoms with Gasteiger partial charge in [0, 0.05) is 25.2 Å². The van der Waals surface area contributed by atoms with E-state index in [9.17, 15) is 5.11 Å². The minimum absolute atomic E-state index is 0. The Morgan fingerprint density at radius 2 is 1.60 bits per heavy atom. The van der Waals surface area contributed by atoms with E-state index in [1.807, 2.05) is 12.1 Å². The van der Waals surface area contributed by atoms with Gasteiger partial charge in [-0.25, -0.2) is 0 Å². The van der Waals surface area contributed by atoms with Gasteiger partial charge in [0.1, 0.15) is 0 Å². The molecular formula is C28H39ClN2O4. The van der Waals surface area contributed by atoms with Gasteiger partial charge in [-0.15, -0.1) is 12.4 Å². The topological polar surface area (TPSA) is 63.2 Å². The van der Waals surface area contributed by atoms with Crippen molar-refractivity contribution in [3.05, 3.63) is 46.5 Å². The molecular weight excluding hydrogens is 464 g/mol. The van der Waals surface area contributed by atoms with E-state index < -0.39 is 0 Å². The van der Waals surface area contributed by atoms with Crippen LogP contribution in [0.15, 0.2) is 24.3 Å². The Kier molecular flexibility index (Phi) is 8.04. The number of benzene rings is 2. The highest BCUT2D eigenvalue weighted by atomic mass is 35.5. The van der Waals surface area contributed by atoms with Crippen molar-refractivity contribution in [3.8, 4) is 23.0 Å². The monoisotopic (exact) mass is 502 g/mol. The number of hydrogen-bond donors (Lipinski definition) is 2. The second-order valence-corrected chi connectivity index (χ2v) is 10.0. The minimum Gasteiger partial charge on any atom is -0.504 e. The van der Waals surface area contributed by atoms with Crippen molar-refractivity contribution in [2.45, 2.75) is 51.1 Å². The first-order chi connectivity index (χ1) is 16.6. The molecule has 0 saturated carbocycles. The Bertz CT molecular complexity index is 1050. The van der Waals surface area contributed by atoms with Gasteiger partial charge in [-0.05, 0) is 90.6 Å². The largest absolute Gasteiger partial charge is 0.504 e. The average Bonchev–Trinajstić information content (AvgIpc) is 2.87. The summed E-state index contributed by atoms with van der Waals surface area (Å²) < 4.78 is 16.7. The number of piperidine rings is 1. The average molecular weight is 503 g/mol. The summed E-state index contributed by atoms with van der Waals surface area (Å²) in [5.74, 6) is 3.76. The number of phenolic OH excluding ortho intramolecular Hbond substituents is 1. The molecule has 6 nitrogen and oxygen atoms in total. The molecule has 3 heterocycles. The van der Waals surface area contributed by atoms with Gasteiger partial charge in [-0.1, -0.05) is 13.3 Å². The Balaban J connectivity index is 0.00000289. The third kappa shape index (κ3) is 4.81. The molecule has 0 radical (unpaired) electrons. The van der Waals surface area contributed by atoms with Crippen molar-refractivity contribution < 1.29 is 19.3 Å². The van der Waals surface area contributed by atoms with E-state index in [4.69, 9.17) is 14.2 Å². The SMILES string of the molecule is CC[C@H]1CN2CCc3cc(OC)c(OC)cc3[C@@H]2CC1C[C@H]1NCCc2cc(O)c(OC)cc21.Cl. The van der Waals surface area contributed by atoms with Crippen molar-refractivity contribution in [2.24, 2.45) is 11.8 Å². The Hall–Kier alpha value is -2.15. The number of rotatable bonds is 6. The van der Waals surface area contributed by atoms with Crippen LogP contribution in [0.25, 0.3) is 0 Å². The molecule has 7 heteroatoms. The van der Waals surface area contributed by atoms with Crippen LogP contribution in [0.1, 0.15) is 60.5 Å². The lowest BCUT2D eigenvalue weighted by Crippen LogP contribution is -2.46. The van der Waals surface area contributed by atoms with Gasteiger partial charge in [-0.2, -0.15) is 0 Å². The number of aromatic hydroxyl groups is 1. The van der Waals surface area contributed by atoms with Crippen LogP contribution in [0.2, 0.25) is 0 Å². The smallest absolute Gasteiger partial charge is 0.161 e. The highest BCUT2D eigenvalue weighted by Gasteiger charge is 2.40. The van der Waals surface area contributed by atoms with E-state index in [0.29, 0.717) is 23.6 Å². The van der Waals surface area contributed by atoms with Gasteiger partial charge in [0.15, 0.2) is 23.0 Å². The van der Waals surface area contributed by atoms with E-state index >= 15 is 0 Å². The van der Waals surface area contributed by atoms with Crippen LogP contribution in [0.4, 0.5) is 0 Å². The maximum atomic E-state index is 10.3. The fraction of sp³-hybridized carbons (Fsp3) is 0.571. The highest BCUT2D eigenvalue weighted by molar-refractivity contribution is 5.85. The fourth-order valence-electron chi connectivity index (χ4n) is 6.59. The molecule has 1 unspecified atom stereocenters. The van der Waals surface area contributed by atoms with E-state index in [1.54, 1.807) is 21.3 Å². The van der Waals surface area contributed by atoms with Gasteiger partial charge in [0.2, 0.25) is 0 Å². The number of phenols is 1. The third-order valence-corrected chi connectivity index (χ3v) is 8.44. The van der Waals surface area contributed by atoms with Crippen molar-refractivity contribution in [1.29, 1.82) is 0 Å². The Morgan fingerprint density at radius 1 is 0.914 bits per heavy atom. The first-order valence-electron chi connectivity index (χ1n) is 12.7. The Labute approximate surface area is 215 Å². The summed E-state index contributed by atoms with van der Waals surface area (Å²) in [6, 6.07) is 9.06. The third-order valence-electron chi connectivity index (χ3n) is 8.44. The summed E-state index contributed by atoms with van der Waals surface area (Å²) in [4.78, 5) is 2.70. The molecule has 0 aromatic heterocycles. The molecule has 0 bridgehead atoms. The van der Waals surface area contributed by atoms with E-state index in [1.165, 1.54) is 28.7 Å². The summed E-state index contributed by atoms with van der Waals surface area (Å²) in [5, 5.41) is 14.1. The number of nitrogens with zero attached hydrogens (tertiary/aromatic N) is 1. The molecule has 1 saturated heterocycles. The minimum atomic E-state index is 0. The maximum absolute atomic E-state index is 10.3. The molecule has 2 aromatic carbocycles. The molecule has 3 aliphatic rings. The molecule has 0 amide bonds. The summed E-state index contributed by atoms with van der Waals surface area (Å²) in [6.45, 7) is 5.55. The van der Waals surface area contributed by atoms with E-state index in [0.717, 1.165) is 56.8 Å². The summed E-state index contributed by atoms with van der Waals surface area (Å²) in [7, 11) is 5.06. The molecule has 0 aliphatic carbocycles. The van der Waals surface area contributed by atoms with Crippen molar-refractivity contribution in [2.75, 3.05) is 41.0 Å². The quantitative estimate of drug-likeness (QED) is 0.575.